The van der Waals surface area contributed by atoms with E-state index in [1.54, 1.807) is 0 Å². The summed E-state index contributed by atoms with van der Waals surface area (Å²) in [5.41, 5.74) is 1.86. The first kappa shape index (κ1) is 15.5. The van der Waals surface area contributed by atoms with Gasteiger partial charge in [0.05, 0.1) is 0 Å². The quantitative estimate of drug-likeness (QED) is 0.909. The maximum Gasteiger partial charge on any atom is 0.407 e. The molecule has 0 bridgehead atoms. The molecule has 1 N–H and O–H groups in total. The molecule has 106 valence electrons. The Balaban J connectivity index is 2.60. The number of rotatable bonds is 4. The van der Waals surface area contributed by atoms with Crippen LogP contribution in [0.1, 0.15) is 31.9 Å². The molecule has 0 aliphatic carbocycles. The molecule has 19 heavy (non-hydrogen) atoms. The summed E-state index contributed by atoms with van der Waals surface area (Å²) in [5, 5.41) is 2.79. The van der Waals surface area contributed by atoms with E-state index in [0.29, 0.717) is 6.54 Å². The number of nitrogens with zero attached hydrogens (tertiary/aromatic N) is 1. The van der Waals surface area contributed by atoms with Crippen LogP contribution < -0.4 is 5.32 Å². The highest BCUT2D eigenvalue weighted by Crippen LogP contribution is 2.11. The minimum atomic E-state index is -0.465. The largest absolute Gasteiger partial charge is 0.444 e. The Kier molecular flexibility index (Phi) is 5.36. The molecule has 1 aromatic carbocycles. The fourth-order valence-corrected chi connectivity index (χ4v) is 1.71. The van der Waals surface area contributed by atoms with Gasteiger partial charge in [-0.25, -0.2) is 4.79 Å². The van der Waals surface area contributed by atoms with Gasteiger partial charge >= 0.3 is 6.09 Å². The summed E-state index contributed by atoms with van der Waals surface area (Å²) in [6, 6.07) is 8.09. The van der Waals surface area contributed by atoms with Gasteiger partial charge in [-0.05, 0) is 46.0 Å². The highest BCUT2D eigenvalue weighted by Gasteiger charge is 2.16. The van der Waals surface area contributed by atoms with Crippen molar-refractivity contribution in [2.24, 2.45) is 0 Å². The second-order valence-corrected chi connectivity index (χ2v) is 5.86. The highest BCUT2D eigenvalue weighted by atomic mass is 16.6. The molecule has 0 saturated carbocycles. The van der Waals surface area contributed by atoms with Gasteiger partial charge in [-0.1, -0.05) is 24.3 Å². The van der Waals surface area contributed by atoms with Crippen LogP contribution in [0.15, 0.2) is 24.3 Å². The molecule has 1 amide bonds. The molecule has 0 saturated heterocycles. The van der Waals surface area contributed by atoms with Crippen LogP contribution >= 0.6 is 0 Å². The molecule has 0 spiro atoms. The number of carbonyl (C=O) groups is 1. The number of nitrogens with one attached hydrogen (secondary N) is 1. The van der Waals surface area contributed by atoms with Crippen LogP contribution in [0, 0.1) is 0 Å². The zero-order valence-electron chi connectivity index (χ0n) is 12.5. The van der Waals surface area contributed by atoms with Crippen molar-refractivity contribution in [3.63, 3.8) is 0 Å². The van der Waals surface area contributed by atoms with Crippen molar-refractivity contribution in [3.05, 3.63) is 35.4 Å². The molecule has 0 aliphatic rings. The fraction of sp³-hybridized carbons (Fsp3) is 0.533. The number of alkyl carbamates (subject to hydrolysis) is 1. The maximum absolute atomic E-state index is 11.6. The summed E-state index contributed by atoms with van der Waals surface area (Å²) in [6.45, 7) is 6.90. The monoisotopic (exact) mass is 264 g/mol. The standard InChI is InChI=1S/C15H24N2O2/c1-15(2,3)19-14(18)16-10-12-8-6-7-9-13(12)11-17(4)5/h6-9H,10-11H2,1-5H3,(H,16,18). The van der Waals surface area contributed by atoms with Crippen molar-refractivity contribution < 1.29 is 9.53 Å². The van der Waals surface area contributed by atoms with Gasteiger partial charge in [0, 0.05) is 13.1 Å². The molecular formula is C15H24N2O2. The van der Waals surface area contributed by atoms with Gasteiger partial charge in [0.2, 0.25) is 0 Å². The van der Waals surface area contributed by atoms with E-state index < -0.39 is 5.60 Å². The van der Waals surface area contributed by atoms with E-state index in [1.807, 2.05) is 53.1 Å². The average molecular weight is 264 g/mol. The molecule has 4 nitrogen and oxygen atoms in total. The third-order valence-electron chi connectivity index (χ3n) is 2.43. The predicted octanol–water partition coefficient (Wildman–Crippen LogP) is 2.77. The summed E-state index contributed by atoms with van der Waals surface area (Å²) in [5.74, 6) is 0. The summed E-state index contributed by atoms with van der Waals surface area (Å²) in [4.78, 5) is 13.7. The predicted molar refractivity (Wildman–Crippen MR) is 76.9 cm³/mol. The van der Waals surface area contributed by atoms with Crippen LogP contribution in [0.2, 0.25) is 0 Å². The Morgan fingerprint density at radius 2 is 1.79 bits per heavy atom. The smallest absolute Gasteiger partial charge is 0.407 e. The molecule has 0 unspecified atom stereocenters. The average Bonchev–Trinajstić information content (AvgIpc) is 2.24. The van der Waals surface area contributed by atoms with Gasteiger partial charge in [-0.15, -0.1) is 0 Å². The van der Waals surface area contributed by atoms with E-state index in [-0.39, 0.29) is 6.09 Å². The molecule has 0 fully saturated rings. The van der Waals surface area contributed by atoms with Gasteiger partial charge in [0.15, 0.2) is 0 Å². The lowest BCUT2D eigenvalue weighted by atomic mass is 10.1. The summed E-state index contributed by atoms with van der Waals surface area (Å²) in [7, 11) is 4.05. The minimum Gasteiger partial charge on any atom is -0.444 e. The third kappa shape index (κ3) is 6.25. The molecule has 4 heteroatoms. The highest BCUT2D eigenvalue weighted by molar-refractivity contribution is 5.67. The first-order valence-electron chi connectivity index (χ1n) is 6.46. The molecule has 0 heterocycles. The van der Waals surface area contributed by atoms with Crippen molar-refractivity contribution in [3.8, 4) is 0 Å². The lowest BCUT2D eigenvalue weighted by Crippen LogP contribution is -2.32. The summed E-state index contributed by atoms with van der Waals surface area (Å²) >= 11 is 0. The molecule has 1 aromatic rings. The Bertz CT molecular complexity index is 422. The topological polar surface area (TPSA) is 41.6 Å². The van der Waals surface area contributed by atoms with Gasteiger partial charge in [0.1, 0.15) is 5.60 Å². The lowest BCUT2D eigenvalue weighted by Gasteiger charge is -2.20. The van der Waals surface area contributed by atoms with Crippen molar-refractivity contribution in [2.75, 3.05) is 14.1 Å². The molecule has 0 atom stereocenters. The molecular weight excluding hydrogens is 240 g/mol. The Hall–Kier alpha value is -1.55. The van der Waals surface area contributed by atoms with E-state index in [4.69, 9.17) is 4.74 Å². The van der Waals surface area contributed by atoms with Crippen LogP contribution in [0.25, 0.3) is 0 Å². The van der Waals surface area contributed by atoms with Crippen LogP contribution in [-0.2, 0) is 17.8 Å². The van der Waals surface area contributed by atoms with Crippen molar-refractivity contribution in [1.82, 2.24) is 10.2 Å². The molecule has 1 rings (SSSR count). The zero-order chi connectivity index (χ0) is 14.5. The summed E-state index contributed by atoms with van der Waals surface area (Å²) in [6.07, 6.45) is -0.382. The van der Waals surface area contributed by atoms with Crippen LogP contribution in [0.4, 0.5) is 4.79 Å². The zero-order valence-corrected chi connectivity index (χ0v) is 12.5. The van der Waals surface area contributed by atoms with Crippen molar-refractivity contribution in [1.29, 1.82) is 0 Å². The molecule has 0 aliphatic heterocycles. The maximum atomic E-state index is 11.6. The van der Waals surface area contributed by atoms with Gasteiger partial charge in [0.25, 0.3) is 0 Å². The number of ether oxygens (including phenoxy) is 1. The molecule has 0 radical (unpaired) electrons. The SMILES string of the molecule is CN(C)Cc1ccccc1CNC(=O)OC(C)(C)C. The summed E-state index contributed by atoms with van der Waals surface area (Å²) < 4.78 is 5.22. The Morgan fingerprint density at radius 1 is 1.21 bits per heavy atom. The van der Waals surface area contributed by atoms with Crippen LogP contribution in [0.5, 0.6) is 0 Å². The fourth-order valence-electron chi connectivity index (χ4n) is 1.71. The third-order valence-corrected chi connectivity index (χ3v) is 2.43. The van der Waals surface area contributed by atoms with E-state index >= 15 is 0 Å². The van der Waals surface area contributed by atoms with E-state index in [2.05, 4.69) is 16.3 Å². The Morgan fingerprint density at radius 3 is 2.32 bits per heavy atom. The van der Waals surface area contributed by atoms with E-state index in [1.165, 1.54) is 5.56 Å². The number of amides is 1. The van der Waals surface area contributed by atoms with E-state index in [0.717, 1.165) is 12.1 Å². The normalized spacial score (nSPS) is 11.5. The minimum absolute atomic E-state index is 0.382. The van der Waals surface area contributed by atoms with Crippen molar-refractivity contribution >= 4 is 6.09 Å². The first-order valence-corrected chi connectivity index (χ1v) is 6.46. The van der Waals surface area contributed by atoms with Gasteiger partial charge in [-0.3, -0.25) is 0 Å². The lowest BCUT2D eigenvalue weighted by molar-refractivity contribution is 0.0523. The van der Waals surface area contributed by atoms with Crippen LogP contribution in [0.3, 0.4) is 0 Å². The van der Waals surface area contributed by atoms with Gasteiger partial charge < -0.3 is 15.0 Å². The number of benzene rings is 1. The Labute approximate surface area is 115 Å². The van der Waals surface area contributed by atoms with Crippen molar-refractivity contribution in [2.45, 2.75) is 39.5 Å². The number of hydrogen-bond donors (Lipinski definition) is 1. The van der Waals surface area contributed by atoms with Gasteiger partial charge in [-0.2, -0.15) is 0 Å². The molecule has 0 aromatic heterocycles. The first-order chi connectivity index (χ1) is 8.78. The number of hydrogen-bond acceptors (Lipinski definition) is 3. The second kappa shape index (κ2) is 6.57. The van der Waals surface area contributed by atoms with E-state index in [9.17, 15) is 4.79 Å². The van der Waals surface area contributed by atoms with Crippen LogP contribution in [-0.4, -0.2) is 30.7 Å². The second-order valence-electron chi connectivity index (χ2n) is 5.86. The number of carbonyl (C=O) groups excluding carboxylic acids is 1.